The Kier molecular flexibility index (Phi) is 6.42. The van der Waals surface area contributed by atoms with Gasteiger partial charge in [0.2, 0.25) is 5.91 Å². The number of benzene rings is 1. The zero-order chi connectivity index (χ0) is 18.4. The number of hydrogen-bond acceptors (Lipinski definition) is 4. The van der Waals surface area contributed by atoms with Crippen molar-refractivity contribution >= 4 is 29.4 Å². The number of nitrogens with zero attached hydrogens (tertiary/aromatic N) is 1. The second-order valence-corrected chi connectivity index (χ2v) is 6.87. The van der Waals surface area contributed by atoms with Crippen LogP contribution in [0.4, 0.5) is 0 Å². The van der Waals surface area contributed by atoms with Crippen LogP contribution in [0.15, 0.2) is 24.3 Å². The predicted molar refractivity (Wildman–Crippen MR) is 94.3 cm³/mol. The molecule has 136 valence electrons. The molecule has 0 saturated heterocycles. The third kappa shape index (κ3) is 4.72. The molecule has 1 aromatic rings. The Bertz CT molecular complexity index is 637. The molecule has 1 aliphatic carbocycles. The summed E-state index contributed by atoms with van der Waals surface area (Å²) in [5.41, 5.74) is 0.146. The molecule has 0 spiro atoms. The normalized spacial score (nSPS) is 15.5. The molecule has 1 saturated carbocycles. The first-order chi connectivity index (χ1) is 11.8. The zero-order valence-corrected chi connectivity index (χ0v) is 15.3. The predicted octanol–water partition coefficient (Wildman–Crippen LogP) is 1.90. The molecule has 0 unspecified atom stereocenters. The van der Waals surface area contributed by atoms with Crippen molar-refractivity contribution in [3.8, 4) is 0 Å². The van der Waals surface area contributed by atoms with Gasteiger partial charge in [0.1, 0.15) is 0 Å². The SMILES string of the molecule is CN(C)C(=O)CNC(=O)COC(=O)C1(c2ccc(Cl)cc2)CCCC1. The number of amides is 2. The molecule has 1 fully saturated rings. The molecular formula is C18H23ClN2O4. The molecule has 0 heterocycles. The lowest BCUT2D eigenvalue weighted by molar-refractivity contribution is -0.154. The van der Waals surface area contributed by atoms with E-state index in [2.05, 4.69) is 5.32 Å². The van der Waals surface area contributed by atoms with Gasteiger partial charge in [-0.1, -0.05) is 36.6 Å². The summed E-state index contributed by atoms with van der Waals surface area (Å²) in [5.74, 6) is -1.12. The Morgan fingerprint density at radius 3 is 2.32 bits per heavy atom. The Hall–Kier alpha value is -2.08. The number of esters is 1. The quantitative estimate of drug-likeness (QED) is 0.780. The molecule has 1 aromatic carbocycles. The Labute approximate surface area is 152 Å². The zero-order valence-electron chi connectivity index (χ0n) is 14.5. The number of carbonyl (C=O) groups is 3. The highest BCUT2D eigenvalue weighted by Gasteiger charge is 2.44. The number of hydrogen-bond donors (Lipinski definition) is 1. The molecule has 0 bridgehead atoms. The van der Waals surface area contributed by atoms with Gasteiger partial charge < -0.3 is 15.0 Å². The van der Waals surface area contributed by atoms with E-state index in [9.17, 15) is 14.4 Å². The summed E-state index contributed by atoms with van der Waals surface area (Å²) < 4.78 is 5.26. The number of carbonyl (C=O) groups excluding carboxylic acids is 3. The molecule has 7 heteroatoms. The van der Waals surface area contributed by atoms with Crippen LogP contribution in [-0.2, 0) is 24.5 Å². The van der Waals surface area contributed by atoms with E-state index in [1.54, 1.807) is 26.2 Å². The van der Waals surface area contributed by atoms with Crippen molar-refractivity contribution in [2.45, 2.75) is 31.1 Å². The van der Waals surface area contributed by atoms with Crippen LogP contribution in [0.3, 0.4) is 0 Å². The third-order valence-electron chi connectivity index (χ3n) is 4.51. The molecule has 2 rings (SSSR count). The number of likely N-dealkylation sites (N-methyl/N-ethyl adjacent to an activating group) is 1. The van der Waals surface area contributed by atoms with Crippen LogP contribution in [0.2, 0.25) is 5.02 Å². The van der Waals surface area contributed by atoms with Crippen molar-refractivity contribution in [2.24, 2.45) is 0 Å². The summed E-state index contributed by atoms with van der Waals surface area (Å²) in [6, 6.07) is 7.18. The van der Waals surface area contributed by atoms with Crippen molar-refractivity contribution in [2.75, 3.05) is 27.2 Å². The van der Waals surface area contributed by atoms with Gasteiger partial charge in [-0.3, -0.25) is 14.4 Å². The van der Waals surface area contributed by atoms with Gasteiger partial charge in [0.05, 0.1) is 12.0 Å². The van der Waals surface area contributed by atoms with Gasteiger partial charge in [0.25, 0.3) is 5.91 Å². The van der Waals surface area contributed by atoms with Crippen LogP contribution in [0.1, 0.15) is 31.2 Å². The van der Waals surface area contributed by atoms with Crippen LogP contribution in [0.5, 0.6) is 0 Å². The lowest BCUT2D eigenvalue weighted by atomic mass is 9.79. The fraction of sp³-hybridized carbons (Fsp3) is 0.500. The molecule has 0 aliphatic heterocycles. The second kappa shape index (κ2) is 8.34. The summed E-state index contributed by atoms with van der Waals surface area (Å²) in [5, 5.41) is 3.05. The largest absolute Gasteiger partial charge is 0.455 e. The number of nitrogens with one attached hydrogen (secondary N) is 1. The van der Waals surface area contributed by atoms with Crippen molar-refractivity contribution in [1.29, 1.82) is 0 Å². The summed E-state index contributed by atoms with van der Waals surface area (Å²) in [6.45, 7) is -0.513. The minimum atomic E-state index is -0.718. The molecule has 25 heavy (non-hydrogen) atoms. The van der Waals surface area contributed by atoms with Crippen LogP contribution < -0.4 is 5.32 Å². The molecule has 2 amide bonds. The van der Waals surface area contributed by atoms with Crippen molar-refractivity contribution in [3.05, 3.63) is 34.9 Å². The molecule has 0 atom stereocenters. The van der Waals surface area contributed by atoms with Crippen molar-refractivity contribution in [1.82, 2.24) is 10.2 Å². The fourth-order valence-electron chi connectivity index (χ4n) is 3.01. The van der Waals surface area contributed by atoms with Gasteiger partial charge in [-0.2, -0.15) is 0 Å². The molecule has 6 nitrogen and oxygen atoms in total. The molecular weight excluding hydrogens is 344 g/mol. The van der Waals surface area contributed by atoms with Gasteiger partial charge in [0.15, 0.2) is 6.61 Å². The van der Waals surface area contributed by atoms with E-state index in [0.717, 1.165) is 18.4 Å². The molecule has 1 aliphatic rings. The molecule has 0 aromatic heterocycles. The van der Waals surface area contributed by atoms with E-state index in [1.165, 1.54) is 4.90 Å². The van der Waals surface area contributed by atoms with Gasteiger partial charge in [-0.25, -0.2) is 0 Å². The Morgan fingerprint density at radius 1 is 1.16 bits per heavy atom. The highest BCUT2D eigenvalue weighted by Crippen LogP contribution is 2.42. The number of rotatable bonds is 6. The fourth-order valence-corrected chi connectivity index (χ4v) is 3.14. The second-order valence-electron chi connectivity index (χ2n) is 6.44. The maximum Gasteiger partial charge on any atom is 0.317 e. The van der Waals surface area contributed by atoms with Crippen molar-refractivity contribution in [3.63, 3.8) is 0 Å². The number of ether oxygens (including phenoxy) is 1. The van der Waals surface area contributed by atoms with Crippen LogP contribution in [0, 0.1) is 0 Å². The topological polar surface area (TPSA) is 75.7 Å². The van der Waals surface area contributed by atoms with Gasteiger partial charge in [-0.05, 0) is 30.5 Å². The monoisotopic (exact) mass is 366 g/mol. The smallest absolute Gasteiger partial charge is 0.317 e. The Morgan fingerprint density at radius 2 is 1.76 bits per heavy atom. The lowest BCUT2D eigenvalue weighted by Crippen LogP contribution is -2.40. The first kappa shape index (κ1) is 19.2. The first-order valence-electron chi connectivity index (χ1n) is 8.25. The van der Waals surface area contributed by atoms with Crippen molar-refractivity contribution < 1.29 is 19.1 Å². The minimum Gasteiger partial charge on any atom is -0.455 e. The number of halogens is 1. The average Bonchev–Trinajstić information content (AvgIpc) is 3.09. The van der Waals surface area contributed by atoms with E-state index in [1.807, 2.05) is 12.1 Å². The van der Waals surface area contributed by atoms with E-state index >= 15 is 0 Å². The maximum absolute atomic E-state index is 12.7. The van der Waals surface area contributed by atoms with E-state index < -0.39 is 23.9 Å². The average molecular weight is 367 g/mol. The Balaban J connectivity index is 1.96. The maximum atomic E-state index is 12.7. The van der Waals surface area contributed by atoms with Gasteiger partial charge in [-0.15, -0.1) is 0 Å². The first-order valence-corrected chi connectivity index (χ1v) is 8.63. The van der Waals surface area contributed by atoms with Gasteiger partial charge >= 0.3 is 5.97 Å². The standard InChI is InChI=1S/C18H23ClN2O4/c1-21(2)16(23)11-20-15(22)12-25-17(24)18(9-3-4-10-18)13-5-7-14(19)8-6-13/h5-8H,3-4,9-12H2,1-2H3,(H,20,22). The van der Waals surface area contributed by atoms with Crippen LogP contribution >= 0.6 is 11.6 Å². The molecule has 1 N–H and O–H groups in total. The van der Waals surface area contributed by atoms with E-state index in [-0.39, 0.29) is 12.5 Å². The summed E-state index contributed by atoms with van der Waals surface area (Å²) in [4.78, 5) is 37.3. The minimum absolute atomic E-state index is 0.119. The lowest BCUT2D eigenvalue weighted by Gasteiger charge is -2.27. The summed E-state index contributed by atoms with van der Waals surface area (Å²) in [7, 11) is 3.20. The highest BCUT2D eigenvalue weighted by atomic mass is 35.5. The van der Waals surface area contributed by atoms with E-state index in [0.29, 0.717) is 17.9 Å². The third-order valence-corrected chi connectivity index (χ3v) is 4.77. The van der Waals surface area contributed by atoms with Gasteiger partial charge in [0, 0.05) is 19.1 Å². The van der Waals surface area contributed by atoms with Crippen LogP contribution in [0.25, 0.3) is 0 Å². The molecule has 0 radical (unpaired) electrons. The summed E-state index contributed by atoms with van der Waals surface area (Å²) in [6.07, 6.45) is 3.24. The van der Waals surface area contributed by atoms with E-state index in [4.69, 9.17) is 16.3 Å². The van der Waals surface area contributed by atoms with Crippen LogP contribution in [-0.4, -0.2) is 49.9 Å². The summed E-state index contributed by atoms with van der Waals surface area (Å²) >= 11 is 5.93. The highest BCUT2D eigenvalue weighted by molar-refractivity contribution is 6.30.